The van der Waals surface area contributed by atoms with Gasteiger partial charge in [0.2, 0.25) is 17.7 Å². The van der Waals surface area contributed by atoms with Gasteiger partial charge in [0.15, 0.2) is 0 Å². The summed E-state index contributed by atoms with van der Waals surface area (Å²) in [5, 5.41) is 10.7. The van der Waals surface area contributed by atoms with E-state index in [2.05, 4.69) is 15.5 Å². The lowest BCUT2D eigenvalue weighted by atomic mass is 10.1. The third-order valence-electron chi connectivity index (χ3n) is 4.37. The van der Waals surface area contributed by atoms with E-state index in [1.165, 1.54) is 16.7 Å². The maximum Gasteiger partial charge on any atom is 0.277 e. The van der Waals surface area contributed by atoms with Crippen molar-refractivity contribution in [3.8, 4) is 11.5 Å². The molecule has 1 N–H and O–H groups in total. The first-order valence-corrected chi connectivity index (χ1v) is 9.66. The van der Waals surface area contributed by atoms with Gasteiger partial charge in [0.05, 0.1) is 16.6 Å². The van der Waals surface area contributed by atoms with Gasteiger partial charge in [-0.3, -0.25) is 14.5 Å². The zero-order chi connectivity index (χ0) is 19.7. The van der Waals surface area contributed by atoms with Crippen molar-refractivity contribution in [2.24, 2.45) is 0 Å². The van der Waals surface area contributed by atoms with Crippen LogP contribution in [0.15, 0.2) is 58.2 Å². The number of aromatic nitrogens is 2. The molecule has 1 aromatic heterocycles. The van der Waals surface area contributed by atoms with Gasteiger partial charge in [-0.1, -0.05) is 41.6 Å². The molecule has 7 nitrogen and oxygen atoms in total. The van der Waals surface area contributed by atoms with Gasteiger partial charge in [-0.15, -0.1) is 10.2 Å². The lowest BCUT2D eigenvalue weighted by molar-refractivity contribution is -0.121. The maximum absolute atomic E-state index is 13.0. The molecule has 0 fully saturated rings. The third kappa shape index (κ3) is 3.63. The quantitative estimate of drug-likeness (QED) is 0.681. The first-order valence-electron chi connectivity index (χ1n) is 8.79. The summed E-state index contributed by atoms with van der Waals surface area (Å²) in [6, 6.07) is 15.0. The molecule has 2 heterocycles. The summed E-state index contributed by atoms with van der Waals surface area (Å²) in [6.45, 7) is 3.75. The van der Waals surface area contributed by atoms with Crippen molar-refractivity contribution >= 4 is 35.0 Å². The van der Waals surface area contributed by atoms with Crippen LogP contribution in [0, 0.1) is 6.92 Å². The minimum Gasteiger partial charge on any atom is -0.411 e. The van der Waals surface area contributed by atoms with Crippen LogP contribution in [-0.2, 0) is 9.59 Å². The first-order chi connectivity index (χ1) is 13.5. The predicted octanol–water partition coefficient (Wildman–Crippen LogP) is 3.51. The van der Waals surface area contributed by atoms with Crippen LogP contribution in [0.5, 0.6) is 0 Å². The standard InChI is InChI=1S/C20H18N4O3S/c1-12-7-9-14(10-8-12)18-22-23-20(27-18)28-13(2)19(26)24-11-17(25)21-15-5-3-4-6-16(15)24/h3-10,13H,11H2,1-2H3,(H,21,25)/t13-/m0/s1. The number of thioether (sulfide) groups is 1. The van der Waals surface area contributed by atoms with E-state index < -0.39 is 5.25 Å². The fourth-order valence-corrected chi connectivity index (χ4v) is 3.67. The van der Waals surface area contributed by atoms with Gasteiger partial charge < -0.3 is 9.73 Å². The summed E-state index contributed by atoms with van der Waals surface area (Å²) in [6.07, 6.45) is 0. The topological polar surface area (TPSA) is 88.3 Å². The van der Waals surface area contributed by atoms with Crippen LogP contribution in [0.4, 0.5) is 11.4 Å². The van der Waals surface area contributed by atoms with Crippen LogP contribution in [0.1, 0.15) is 12.5 Å². The molecular formula is C20H18N4O3S. The summed E-state index contributed by atoms with van der Waals surface area (Å²) >= 11 is 1.18. The molecule has 0 radical (unpaired) electrons. The van der Waals surface area contributed by atoms with Gasteiger partial charge in [0, 0.05) is 5.56 Å². The SMILES string of the molecule is Cc1ccc(-c2nnc(S[C@@H](C)C(=O)N3CC(=O)Nc4ccccc43)o2)cc1. The van der Waals surface area contributed by atoms with E-state index in [4.69, 9.17) is 4.42 Å². The number of amides is 2. The smallest absolute Gasteiger partial charge is 0.277 e. The Balaban J connectivity index is 1.50. The fourth-order valence-electron chi connectivity index (χ4n) is 2.92. The van der Waals surface area contributed by atoms with Gasteiger partial charge in [0.1, 0.15) is 6.54 Å². The Morgan fingerprint density at radius 3 is 2.71 bits per heavy atom. The van der Waals surface area contributed by atoms with Crippen LogP contribution in [0.2, 0.25) is 0 Å². The average molecular weight is 394 g/mol. The van der Waals surface area contributed by atoms with Gasteiger partial charge in [0.25, 0.3) is 5.22 Å². The van der Waals surface area contributed by atoms with Crippen LogP contribution < -0.4 is 10.2 Å². The second-order valence-corrected chi connectivity index (χ2v) is 7.78. The van der Waals surface area contributed by atoms with Crippen molar-refractivity contribution in [2.75, 3.05) is 16.8 Å². The number of hydrogen-bond donors (Lipinski definition) is 1. The molecule has 8 heteroatoms. The van der Waals surface area contributed by atoms with E-state index in [0.29, 0.717) is 22.5 Å². The van der Waals surface area contributed by atoms with Gasteiger partial charge in [-0.05, 0) is 38.1 Å². The van der Waals surface area contributed by atoms with E-state index in [-0.39, 0.29) is 18.4 Å². The molecule has 3 aromatic rings. The van der Waals surface area contributed by atoms with E-state index in [1.54, 1.807) is 13.0 Å². The molecule has 0 saturated heterocycles. The number of anilines is 2. The van der Waals surface area contributed by atoms with Crippen LogP contribution in [-0.4, -0.2) is 33.8 Å². The lowest BCUT2D eigenvalue weighted by Crippen LogP contribution is -2.45. The highest BCUT2D eigenvalue weighted by atomic mass is 32.2. The van der Waals surface area contributed by atoms with E-state index in [9.17, 15) is 9.59 Å². The van der Waals surface area contributed by atoms with Gasteiger partial charge in [-0.25, -0.2) is 0 Å². The van der Waals surface area contributed by atoms with Gasteiger partial charge in [-0.2, -0.15) is 0 Å². The summed E-state index contributed by atoms with van der Waals surface area (Å²) in [7, 11) is 0. The molecule has 142 valence electrons. The largest absolute Gasteiger partial charge is 0.411 e. The lowest BCUT2D eigenvalue weighted by Gasteiger charge is -2.30. The molecule has 0 unspecified atom stereocenters. The van der Waals surface area contributed by atoms with Crippen molar-refractivity contribution in [1.29, 1.82) is 0 Å². The predicted molar refractivity (Wildman–Crippen MR) is 107 cm³/mol. The summed E-state index contributed by atoms with van der Waals surface area (Å²) in [5.41, 5.74) is 3.28. The molecule has 2 aromatic carbocycles. The Hall–Kier alpha value is -3.13. The van der Waals surface area contributed by atoms with E-state index >= 15 is 0 Å². The van der Waals surface area contributed by atoms with E-state index in [1.807, 2.05) is 49.4 Å². The highest BCUT2D eigenvalue weighted by Crippen LogP contribution is 2.32. The molecule has 4 rings (SSSR count). The molecule has 2 amide bonds. The Kier molecular flexibility index (Phi) is 4.87. The maximum atomic E-state index is 13.0. The Morgan fingerprint density at radius 1 is 1.18 bits per heavy atom. The molecule has 0 bridgehead atoms. The fraction of sp³-hybridized carbons (Fsp3) is 0.200. The summed E-state index contributed by atoms with van der Waals surface area (Å²) in [4.78, 5) is 26.4. The number of hydrogen-bond acceptors (Lipinski definition) is 6. The molecular weight excluding hydrogens is 376 g/mol. The zero-order valence-corrected chi connectivity index (χ0v) is 16.2. The summed E-state index contributed by atoms with van der Waals surface area (Å²) in [5.74, 6) is -0.00377. The number of para-hydroxylation sites is 2. The minimum absolute atomic E-state index is 0.0147. The molecule has 1 aliphatic heterocycles. The normalized spacial score (nSPS) is 14.4. The first kappa shape index (κ1) is 18.2. The minimum atomic E-state index is -0.495. The molecule has 0 saturated carbocycles. The molecule has 0 spiro atoms. The van der Waals surface area contributed by atoms with Crippen molar-refractivity contribution in [1.82, 2.24) is 10.2 Å². The zero-order valence-electron chi connectivity index (χ0n) is 15.4. The van der Waals surface area contributed by atoms with Crippen LogP contribution in [0.25, 0.3) is 11.5 Å². The Morgan fingerprint density at radius 2 is 1.93 bits per heavy atom. The number of carbonyl (C=O) groups is 2. The Labute approximate surface area is 166 Å². The van der Waals surface area contributed by atoms with Crippen molar-refractivity contribution in [3.63, 3.8) is 0 Å². The summed E-state index contributed by atoms with van der Waals surface area (Å²) < 4.78 is 5.70. The number of benzene rings is 2. The highest BCUT2D eigenvalue weighted by molar-refractivity contribution is 8.00. The molecule has 1 atom stereocenters. The second kappa shape index (κ2) is 7.47. The molecule has 0 aliphatic carbocycles. The third-order valence-corrected chi connectivity index (χ3v) is 5.29. The number of nitrogens with zero attached hydrogens (tertiary/aromatic N) is 3. The number of rotatable bonds is 4. The Bertz CT molecular complexity index is 1030. The monoisotopic (exact) mass is 394 g/mol. The van der Waals surface area contributed by atoms with Crippen molar-refractivity contribution in [3.05, 3.63) is 54.1 Å². The second-order valence-electron chi connectivity index (χ2n) is 6.49. The number of nitrogens with one attached hydrogen (secondary N) is 1. The average Bonchev–Trinajstić information content (AvgIpc) is 3.15. The number of carbonyl (C=O) groups excluding carboxylic acids is 2. The van der Waals surface area contributed by atoms with Crippen molar-refractivity contribution in [2.45, 2.75) is 24.3 Å². The van der Waals surface area contributed by atoms with Gasteiger partial charge >= 0.3 is 0 Å². The van der Waals surface area contributed by atoms with Crippen LogP contribution in [0.3, 0.4) is 0 Å². The molecule has 1 aliphatic rings. The molecule has 28 heavy (non-hydrogen) atoms. The van der Waals surface area contributed by atoms with E-state index in [0.717, 1.165) is 11.1 Å². The van der Waals surface area contributed by atoms with Crippen LogP contribution >= 0.6 is 11.8 Å². The van der Waals surface area contributed by atoms with Crippen molar-refractivity contribution < 1.29 is 14.0 Å². The number of aryl methyl sites for hydroxylation is 1. The number of fused-ring (bicyclic) bond motifs is 1. The highest BCUT2D eigenvalue weighted by Gasteiger charge is 2.31.